The van der Waals surface area contributed by atoms with Crippen molar-refractivity contribution >= 4 is 38.3 Å². The normalized spacial score (nSPS) is 17.0. The molecule has 0 unspecified atom stereocenters. The molecule has 1 aromatic rings. The Labute approximate surface area is 139 Å². The topological polar surface area (TPSA) is 57.7 Å². The van der Waals surface area contributed by atoms with Crippen molar-refractivity contribution in [3.05, 3.63) is 33.4 Å². The monoisotopic (exact) mass is 422 g/mol. The summed E-state index contributed by atoms with van der Waals surface area (Å²) in [5.74, 6) is 0.231. The highest BCUT2D eigenvalue weighted by Crippen LogP contribution is 2.12. The van der Waals surface area contributed by atoms with Gasteiger partial charge in [-0.3, -0.25) is 9.69 Å². The van der Waals surface area contributed by atoms with Gasteiger partial charge in [0.2, 0.25) is 0 Å². The molecule has 0 bridgehead atoms. The number of hydrogen-bond acceptors (Lipinski definition) is 4. The molecule has 1 heterocycles. The second-order valence-electron chi connectivity index (χ2n) is 5.27. The second kappa shape index (κ2) is 7.06. The standard InChI is InChI=1S/C14H19IN2O3S/c1-21(19,20)10-9-16-5-7-17(8-6-16)14(18)12-3-2-4-13(15)11-12/h2-4,11H,5-10H2,1H3. The zero-order valence-electron chi connectivity index (χ0n) is 12.0. The molecule has 1 amide bonds. The zero-order valence-corrected chi connectivity index (χ0v) is 14.9. The highest BCUT2D eigenvalue weighted by molar-refractivity contribution is 14.1. The van der Waals surface area contributed by atoms with Crippen LogP contribution in [0.15, 0.2) is 24.3 Å². The summed E-state index contributed by atoms with van der Waals surface area (Å²) < 4.78 is 23.4. The molecule has 0 N–H and O–H groups in total. The van der Waals surface area contributed by atoms with Gasteiger partial charge >= 0.3 is 0 Å². The maximum Gasteiger partial charge on any atom is 0.253 e. The molecule has 0 saturated carbocycles. The van der Waals surface area contributed by atoms with Crippen LogP contribution >= 0.6 is 22.6 Å². The molecule has 2 rings (SSSR count). The lowest BCUT2D eigenvalue weighted by atomic mass is 10.2. The molecule has 7 heteroatoms. The maximum atomic E-state index is 12.4. The minimum absolute atomic E-state index is 0.0521. The first kappa shape index (κ1) is 16.7. The van der Waals surface area contributed by atoms with Gasteiger partial charge in [0.1, 0.15) is 9.84 Å². The van der Waals surface area contributed by atoms with Crippen LogP contribution in [0.2, 0.25) is 0 Å². The Kier molecular flexibility index (Phi) is 5.61. The molecule has 0 spiro atoms. The van der Waals surface area contributed by atoms with Crippen LogP contribution in [0.5, 0.6) is 0 Å². The molecule has 1 aliphatic heterocycles. The number of amides is 1. The van der Waals surface area contributed by atoms with Gasteiger partial charge in [-0.2, -0.15) is 0 Å². The van der Waals surface area contributed by atoms with Gasteiger partial charge in [-0.05, 0) is 40.8 Å². The molecule has 0 aromatic heterocycles. The molecular formula is C14H19IN2O3S. The molecule has 0 aliphatic carbocycles. The van der Waals surface area contributed by atoms with Crippen LogP contribution in [-0.4, -0.2) is 68.9 Å². The van der Waals surface area contributed by atoms with E-state index in [-0.39, 0.29) is 11.7 Å². The van der Waals surface area contributed by atoms with E-state index in [9.17, 15) is 13.2 Å². The van der Waals surface area contributed by atoms with Crippen LogP contribution in [0.4, 0.5) is 0 Å². The molecule has 5 nitrogen and oxygen atoms in total. The summed E-state index contributed by atoms with van der Waals surface area (Å²) in [5.41, 5.74) is 0.714. The Hall–Kier alpha value is -0.670. The molecular weight excluding hydrogens is 403 g/mol. The molecule has 0 radical (unpaired) electrons. The SMILES string of the molecule is CS(=O)(=O)CCN1CCN(C(=O)c2cccc(I)c2)CC1. The second-order valence-corrected chi connectivity index (χ2v) is 8.78. The summed E-state index contributed by atoms with van der Waals surface area (Å²) in [4.78, 5) is 16.3. The lowest BCUT2D eigenvalue weighted by Crippen LogP contribution is -2.49. The van der Waals surface area contributed by atoms with E-state index in [0.29, 0.717) is 25.2 Å². The van der Waals surface area contributed by atoms with E-state index < -0.39 is 9.84 Å². The summed E-state index contributed by atoms with van der Waals surface area (Å²) in [6.07, 6.45) is 1.25. The van der Waals surface area contributed by atoms with Crippen molar-refractivity contribution < 1.29 is 13.2 Å². The van der Waals surface area contributed by atoms with Gasteiger partial charge in [-0.25, -0.2) is 8.42 Å². The van der Waals surface area contributed by atoms with Crippen molar-refractivity contribution in [2.45, 2.75) is 0 Å². The van der Waals surface area contributed by atoms with E-state index in [0.717, 1.165) is 16.7 Å². The first-order valence-corrected chi connectivity index (χ1v) is 9.94. The highest BCUT2D eigenvalue weighted by Gasteiger charge is 2.22. The largest absolute Gasteiger partial charge is 0.336 e. The Morgan fingerprint density at radius 2 is 1.90 bits per heavy atom. The zero-order chi connectivity index (χ0) is 15.5. The number of piperazine rings is 1. The van der Waals surface area contributed by atoms with Gasteiger partial charge in [0.05, 0.1) is 5.75 Å². The Morgan fingerprint density at radius 3 is 2.48 bits per heavy atom. The van der Waals surface area contributed by atoms with Gasteiger partial charge in [-0.1, -0.05) is 6.07 Å². The van der Waals surface area contributed by atoms with Gasteiger partial charge in [-0.15, -0.1) is 0 Å². The molecule has 1 aliphatic rings. The smallest absolute Gasteiger partial charge is 0.253 e. The summed E-state index contributed by atoms with van der Waals surface area (Å²) in [6, 6.07) is 7.57. The number of halogens is 1. The summed E-state index contributed by atoms with van der Waals surface area (Å²) in [5, 5.41) is 0. The van der Waals surface area contributed by atoms with Crippen LogP contribution < -0.4 is 0 Å². The minimum Gasteiger partial charge on any atom is -0.336 e. The summed E-state index contributed by atoms with van der Waals surface area (Å²) in [7, 11) is -2.92. The van der Waals surface area contributed by atoms with E-state index in [1.54, 1.807) is 0 Å². The molecule has 116 valence electrons. The number of rotatable bonds is 4. The fourth-order valence-corrected chi connectivity index (χ4v) is 3.41. The van der Waals surface area contributed by atoms with Crippen molar-refractivity contribution in [3.63, 3.8) is 0 Å². The van der Waals surface area contributed by atoms with Crippen molar-refractivity contribution in [2.24, 2.45) is 0 Å². The molecule has 21 heavy (non-hydrogen) atoms. The van der Waals surface area contributed by atoms with Crippen LogP contribution in [0, 0.1) is 3.57 Å². The third-order valence-corrected chi connectivity index (χ3v) is 5.10. The molecule has 1 aromatic carbocycles. The highest BCUT2D eigenvalue weighted by atomic mass is 127. The molecule has 1 fully saturated rings. The predicted octanol–water partition coefficient (Wildman–Crippen LogP) is 1.09. The fourth-order valence-electron chi connectivity index (χ4n) is 2.27. The maximum absolute atomic E-state index is 12.4. The van der Waals surface area contributed by atoms with E-state index >= 15 is 0 Å². The predicted molar refractivity (Wildman–Crippen MR) is 91.2 cm³/mol. The minimum atomic E-state index is -2.92. The first-order chi connectivity index (χ1) is 9.85. The van der Waals surface area contributed by atoms with E-state index in [1.165, 1.54) is 6.26 Å². The van der Waals surface area contributed by atoms with Crippen LogP contribution in [0.1, 0.15) is 10.4 Å². The number of sulfone groups is 1. The van der Waals surface area contributed by atoms with Crippen LogP contribution in [0.25, 0.3) is 0 Å². The average Bonchev–Trinajstić information content (AvgIpc) is 2.44. The quantitative estimate of drug-likeness (QED) is 0.682. The summed E-state index contributed by atoms with van der Waals surface area (Å²) in [6.45, 7) is 3.29. The number of nitrogens with zero attached hydrogens (tertiary/aromatic N) is 2. The average molecular weight is 422 g/mol. The van der Waals surface area contributed by atoms with Gasteiger partial charge in [0.15, 0.2) is 0 Å². The Balaban J connectivity index is 1.87. The first-order valence-electron chi connectivity index (χ1n) is 6.80. The van der Waals surface area contributed by atoms with Crippen molar-refractivity contribution in [1.29, 1.82) is 0 Å². The van der Waals surface area contributed by atoms with E-state index in [1.807, 2.05) is 29.2 Å². The third kappa shape index (κ3) is 5.23. The number of carbonyl (C=O) groups is 1. The van der Waals surface area contributed by atoms with E-state index in [2.05, 4.69) is 27.5 Å². The number of benzene rings is 1. The Bertz CT molecular complexity index is 610. The molecule has 1 saturated heterocycles. The molecule has 0 atom stereocenters. The number of carbonyl (C=O) groups excluding carboxylic acids is 1. The lowest BCUT2D eigenvalue weighted by molar-refractivity contribution is 0.0644. The summed E-state index contributed by atoms with van der Waals surface area (Å²) >= 11 is 2.20. The van der Waals surface area contributed by atoms with Crippen molar-refractivity contribution in [3.8, 4) is 0 Å². The van der Waals surface area contributed by atoms with Gasteiger partial charge in [0.25, 0.3) is 5.91 Å². The number of hydrogen-bond donors (Lipinski definition) is 0. The van der Waals surface area contributed by atoms with Gasteiger partial charge < -0.3 is 4.90 Å². The van der Waals surface area contributed by atoms with Crippen molar-refractivity contribution in [2.75, 3.05) is 44.7 Å². The van der Waals surface area contributed by atoms with Gasteiger partial charge in [0, 0.05) is 48.1 Å². The van der Waals surface area contributed by atoms with Crippen LogP contribution in [0.3, 0.4) is 0 Å². The van der Waals surface area contributed by atoms with Crippen molar-refractivity contribution in [1.82, 2.24) is 9.80 Å². The van der Waals surface area contributed by atoms with E-state index in [4.69, 9.17) is 0 Å². The third-order valence-electron chi connectivity index (χ3n) is 3.51. The van der Waals surface area contributed by atoms with Crippen LogP contribution in [-0.2, 0) is 9.84 Å². The Morgan fingerprint density at radius 1 is 1.24 bits per heavy atom. The lowest BCUT2D eigenvalue weighted by Gasteiger charge is -2.34. The fraction of sp³-hybridized carbons (Fsp3) is 0.500.